The standard InChI is InChI=1S/C15H15BrFN/c1-10-3-6-14(8-15(10)16)18-9-12-4-5-13(17)7-11(12)2/h3-8,18H,9H2,1-2H3. The van der Waals surface area contributed by atoms with Crippen LogP contribution in [0.1, 0.15) is 16.7 Å². The summed E-state index contributed by atoms with van der Waals surface area (Å²) >= 11 is 3.51. The van der Waals surface area contributed by atoms with E-state index in [0.717, 1.165) is 21.3 Å². The largest absolute Gasteiger partial charge is 0.381 e. The van der Waals surface area contributed by atoms with Crippen LogP contribution in [0.4, 0.5) is 10.1 Å². The highest BCUT2D eigenvalue weighted by molar-refractivity contribution is 9.10. The number of anilines is 1. The van der Waals surface area contributed by atoms with Crippen LogP contribution >= 0.6 is 15.9 Å². The maximum atomic E-state index is 13.0. The van der Waals surface area contributed by atoms with Crippen LogP contribution in [0, 0.1) is 19.7 Å². The van der Waals surface area contributed by atoms with Gasteiger partial charge in [0.25, 0.3) is 0 Å². The highest BCUT2D eigenvalue weighted by atomic mass is 79.9. The van der Waals surface area contributed by atoms with E-state index in [0.29, 0.717) is 6.54 Å². The molecule has 0 saturated carbocycles. The van der Waals surface area contributed by atoms with Gasteiger partial charge >= 0.3 is 0 Å². The monoisotopic (exact) mass is 307 g/mol. The van der Waals surface area contributed by atoms with Gasteiger partial charge in [-0.15, -0.1) is 0 Å². The normalized spacial score (nSPS) is 10.4. The van der Waals surface area contributed by atoms with Crippen molar-refractivity contribution in [2.45, 2.75) is 20.4 Å². The molecule has 18 heavy (non-hydrogen) atoms. The number of benzene rings is 2. The van der Waals surface area contributed by atoms with Gasteiger partial charge in [-0.1, -0.05) is 28.1 Å². The molecule has 0 aliphatic heterocycles. The average molecular weight is 308 g/mol. The summed E-state index contributed by atoms with van der Waals surface area (Å²) in [6.45, 7) is 4.67. The van der Waals surface area contributed by atoms with E-state index in [4.69, 9.17) is 0 Å². The molecule has 2 aromatic rings. The summed E-state index contributed by atoms with van der Waals surface area (Å²) < 4.78 is 14.1. The topological polar surface area (TPSA) is 12.0 Å². The molecule has 1 N–H and O–H groups in total. The average Bonchev–Trinajstić information content (AvgIpc) is 2.32. The van der Waals surface area contributed by atoms with Gasteiger partial charge in [0.2, 0.25) is 0 Å². The lowest BCUT2D eigenvalue weighted by atomic mass is 10.1. The summed E-state index contributed by atoms with van der Waals surface area (Å²) in [4.78, 5) is 0. The van der Waals surface area contributed by atoms with Crippen molar-refractivity contribution in [2.24, 2.45) is 0 Å². The van der Waals surface area contributed by atoms with E-state index < -0.39 is 0 Å². The Kier molecular flexibility index (Phi) is 4.02. The molecule has 0 fully saturated rings. The predicted molar refractivity (Wildman–Crippen MR) is 77.3 cm³/mol. The van der Waals surface area contributed by atoms with Crippen molar-refractivity contribution in [3.8, 4) is 0 Å². The quantitative estimate of drug-likeness (QED) is 0.857. The Morgan fingerprint density at radius 1 is 1.06 bits per heavy atom. The molecule has 0 unspecified atom stereocenters. The number of aryl methyl sites for hydroxylation is 2. The van der Waals surface area contributed by atoms with Gasteiger partial charge in [-0.05, 0) is 54.8 Å². The molecular formula is C15H15BrFN. The minimum absolute atomic E-state index is 0.186. The predicted octanol–water partition coefficient (Wildman–Crippen LogP) is 4.82. The summed E-state index contributed by atoms with van der Waals surface area (Å²) in [6, 6.07) is 11.0. The first-order valence-corrected chi connectivity index (χ1v) is 6.60. The van der Waals surface area contributed by atoms with E-state index in [9.17, 15) is 4.39 Å². The molecule has 0 amide bonds. The number of halogens is 2. The molecule has 1 nitrogen and oxygen atoms in total. The zero-order valence-corrected chi connectivity index (χ0v) is 12.0. The van der Waals surface area contributed by atoms with Gasteiger partial charge in [0.1, 0.15) is 5.82 Å². The van der Waals surface area contributed by atoms with Crippen LogP contribution in [0.3, 0.4) is 0 Å². The minimum atomic E-state index is -0.186. The SMILES string of the molecule is Cc1ccc(NCc2ccc(F)cc2C)cc1Br. The molecule has 0 heterocycles. The van der Waals surface area contributed by atoms with Gasteiger partial charge in [0.15, 0.2) is 0 Å². The molecule has 0 aromatic heterocycles. The van der Waals surface area contributed by atoms with Crippen LogP contribution in [0.2, 0.25) is 0 Å². The fraction of sp³-hybridized carbons (Fsp3) is 0.200. The summed E-state index contributed by atoms with van der Waals surface area (Å²) in [5, 5.41) is 3.34. The lowest BCUT2D eigenvalue weighted by Crippen LogP contribution is -2.01. The summed E-state index contributed by atoms with van der Waals surface area (Å²) in [5.74, 6) is -0.186. The van der Waals surface area contributed by atoms with E-state index >= 15 is 0 Å². The molecule has 0 aliphatic rings. The Morgan fingerprint density at radius 3 is 2.50 bits per heavy atom. The molecule has 0 bridgehead atoms. The maximum Gasteiger partial charge on any atom is 0.123 e. The third-order valence-corrected chi connectivity index (χ3v) is 3.81. The Bertz CT molecular complexity index is 566. The molecule has 0 atom stereocenters. The van der Waals surface area contributed by atoms with Gasteiger partial charge in [-0.2, -0.15) is 0 Å². The Labute approximate surface area is 115 Å². The van der Waals surface area contributed by atoms with Gasteiger partial charge in [0, 0.05) is 16.7 Å². The van der Waals surface area contributed by atoms with Gasteiger partial charge in [-0.3, -0.25) is 0 Å². The van der Waals surface area contributed by atoms with Crippen molar-refractivity contribution in [1.29, 1.82) is 0 Å². The number of hydrogen-bond donors (Lipinski definition) is 1. The van der Waals surface area contributed by atoms with E-state index in [2.05, 4.69) is 34.2 Å². The Hall–Kier alpha value is -1.35. The van der Waals surface area contributed by atoms with E-state index in [1.807, 2.05) is 25.1 Å². The van der Waals surface area contributed by atoms with Crippen LogP contribution in [-0.4, -0.2) is 0 Å². The second-order valence-corrected chi connectivity index (χ2v) is 5.24. The van der Waals surface area contributed by atoms with Gasteiger partial charge < -0.3 is 5.32 Å². The van der Waals surface area contributed by atoms with Gasteiger partial charge in [-0.25, -0.2) is 4.39 Å². The molecule has 3 heteroatoms. The van der Waals surface area contributed by atoms with Crippen LogP contribution < -0.4 is 5.32 Å². The lowest BCUT2D eigenvalue weighted by molar-refractivity contribution is 0.625. The van der Waals surface area contributed by atoms with Crippen LogP contribution in [0.25, 0.3) is 0 Å². The molecule has 2 aromatic carbocycles. The fourth-order valence-corrected chi connectivity index (χ4v) is 2.14. The number of nitrogens with one attached hydrogen (secondary N) is 1. The highest BCUT2D eigenvalue weighted by Crippen LogP contribution is 2.21. The molecular weight excluding hydrogens is 293 g/mol. The zero-order chi connectivity index (χ0) is 13.1. The van der Waals surface area contributed by atoms with E-state index in [1.54, 1.807) is 6.07 Å². The molecule has 0 aliphatic carbocycles. The summed E-state index contributed by atoms with van der Waals surface area (Å²) in [7, 11) is 0. The lowest BCUT2D eigenvalue weighted by Gasteiger charge is -2.10. The van der Waals surface area contributed by atoms with Crippen molar-refractivity contribution in [1.82, 2.24) is 0 Å². The molecule has 0 radical (unpaired) electrons. The molecule has 0 spiro atoms. The fourth-order valence-electron chi connectivity index (χ4n) is 1.76. The second kappa shape index (κ2) is 5.53. The second-order valence-electron chi connectivity index (χ2n) is 4.39. The minimum Gasteiger partial charge on any atom is -0.381 e. The molecule has 2 rings (SSSR count). The third kappa shape index (κ3) is 3.10. The first-order valence-electron chi connectivity index (χ1n) is 5.81. The van der Waals surface area contributed by atoms with Gasteiger partial charge in [0.05, 0.1) is 0 Å². The summed E-state index contributed by atoms with van der Waals surface area (Å²) in [5.41, 5.74) is 4.33. The first-order chi connectivity index (χ1) is 8.56. The first kappa shape index (κ1) is 13.1. The van der Waals surface area contributed by atoms with Crippen molar-refractivity contribution < 1.29 is 4.39 Å². The Morgan fingerprint density at radius 2 is 1.83 bits per heavy atom. The van der Waals surface area contributed by atoms with Crippen molar-refractivity contribution in [3.05, 3.63) is 63.4 Å². The maximum absolute atomic E-state index is 13.0. The molecule has 0 saturated heterocycles. The van der Waals surface area contributed by atoms with Crippen LogP contribution in [0.5, 0.6) is 0 Å². The summed E-state index contributed by atoms with van der Waals surface area (Å²) in [6.07, 6.45) is 0. The third-order valence-electron chi connectivity index (χ3n) is 2.96. The Balaban J connectivity index is 2.09. The van der Waals surface area contributed by atoms with Crippen molar-refractivity contribution in [2.75, 3.05) is 5.32 Å². The van der Waals surface area contributed by atoms with Crippen LogP contribution in [0.15, 0.2) is 40.9 Å². The smallest absolute Gasteiger partial charge is 0.123 e. The van der Waals surface area contributed by atoms with E-state index in [-0.39, 0.29) is 5.82 Å². The molecule has 94 valence electrons. The number of hydrogen-bond acceptors (Lipinski definition) is 1. The van der Waals surface area contributed by atoms with Crippen molar-refractivity contribution in [3.63, 3.8) is 0 Å². The van der Waals surface area contributed by atoms with Crippen molar-refractivity contribution >= 4 is 21.6 Å². The van der Waals surface area contributed by atoms with E-state index in [1.165, 1.54) is 11.6 Å². The van der Waals surface area contributed by atoms with Crippen LogP contribution in [-0.2, 0) is 6.54 Å². The number of rotatable bonds is 3. The highest BCUT2D eigenvalue weighted by Gasteiger charge is 2.01. The zero-order valence-electron chi connectivity index (χ0n) is 10.4.